The third-order valence-electron chi connectivity index (χ3n) is 3.97. The summed E-state index contributed by atoms with van der Waals surface area (Å²) in [5, 5.41) is 12.0. The molecule has 10 heteroatoms. The smallest absolute Gasteiger partial charge is 0.234 e. The summed E-state index contributed by atoms with van der Waals surface area (Å²) in [5.74, 6) is 2.45. The molecule has 3 rings (SSSR count). The fraction of sp³-hybridized carbons (Fsp3) is 0.316. The van der Waals surface area contributed by atoms with Crippen molar-refractivity contribution in [2.24, 2.45) is 0 Å². The first-order chi connectivity index (χ1) is 14.0. The molecule has 0 saturated heterocycles. The van der Waals surface area contributed by atoms with Gasteiger partial charge < -0.3 is 19.2 Å². The van der Waals surface area contributed by atoms with E-state index in [4.69, 9.17) is 13.9 Å². The quantitative estimate of drug-likeness (QED) is 0.452. The molecule has 0 bridgehead atoms. The van der Waals surface area contributed by atoms with Gasteiger partial charge >= 0.3 is 0 Å². The number of benzene rings is 1. The highest BCUT2D eigenvalue weighted by molar-refractivity contribution is 9.10. The number of hydrogen-bond donors (Lipinski definition) is 1. The van der Waals surface area contributed by atoms with Crippen molar-refractivity contribution in [1.29, 1.82) is 0 Å². The van der Waals surface area contributed by atoms with Crippen molar-refractivity contribution in [3.05, 3.63) is 35.0 Å². The average Bonchev–Trinajstić information content (AvgIpc) is 3.33. The lowest BCUT2D eigenvalue weighted by Gasteiger charge is -2.11. The number of rotatable bonds is 9. The van der Waals surface area contributed by atoms with Gasteiger partial charge in [0.1, 0.15) is 11.5 Å². The van der Waals surface area contributed by atoms with Gasteiger partial charge in [-0.05, 0) is 46.6 Å². The third kappa shape index (κ3) is 5.13. The molecule has 2 heterocycles. The van der Waals surface area contributed by atoms with Crippen molar-refractivity contribution in [2.75, 3.05) is 25.3 Å². The molecule has 154 valence electrons. The molecule has 2 aromatic heterocycles. The molecule has 1 aromatic carbocycles. The Balaban J connectivity index is 1.70. The van der Waals surface area contributed by atoms with E-state index in [9.17, 15) is 4.79 Å². The summed E-state index contributed by atoms with van der Waals surface area (Å²) in [6, 6.07) is 8.86. The van der Waals surface area contributed by atoms with Crippen molar-refractivity contribution in [2.45, 2.75) is 25.0 Å². The maximum Gasteiger partial charge on any atom is 0.234 e. The zero-order valence-electron chi connectivity index (χ0n) is 16.3. The number of nitrogens with zero attached hydrogens (tertiary/aromatic N) is 3. The van der Waals surface area contributed by atoms with E-state index >= 15 is 0 Å². The van der Waals surface area contributed by atoms with Crippen LogP contribution in [0.4, 0.5) is 5.69 Å². The van der Waals surface area contributed by atoms with Crippen molar-refractivity contribution >= 4 is 39.3 Å². The monoisotopic (exact) mass is 480 g/mol. The first-order valence-electron chi connectivity index (χ1n) is 8.89. The van der Waals surface area contributed by atoms with E-state index in [0.717, 1.165) is 13.0 Å². The van der Waals surface area contributed by atoms with E-state index < -0.39 is 0 Å². The predicted octanol–water partition coefficient (Wildman–Crippen LogP) is 4.46. The van der Waals surface area contributed by atoms with Crippen LogP contribution in [0.5, 0.6) is 11.5 Å². The molecule has 3 aromatic rings. The Morgan fingerprint density at radius 3 is 2.72 bits per heavy atom. The van der Waals surface area contributed by atoms with Gasteiger partial charge in [0, 0.05) is 12.6 Å². The number of nitrogens with one attached hydrogen (secondary N) is 1. The Labute approximate surface area is 181 Å². The average molecular weight is 481 g/mol. The van der Waals surface area contributed by atoms with Crippen LogP contribution in [0, 0.1) is 0 Å². The van der Waals surface area contributed by atoms with Crippen molar-refractivity contribution in [1.82, 2.24) is 14.8 Å². The number of aromatic nitrogens is 3. The molecule has 0 spiro atoms. The molecule has 0 saturated carbocycles. The number of methoxy groups -OCH3 is 2. The minimum atomic E-state index is -0.174. The number of halogens is 1. The number of anilines is 1. The van der Waals surface area contributed by atoms with E-state index in [2.05, 4.69) is 38.4 Å². The fourth-order valence-corrected chi connectivity index (χ4v) is 3.73. The summed E-state index contributed by atoms with van der Waals surface area (Å²) >= 11 is 4.62. The number of carbonyl (C=O) groups is 1. The van der Waals surface area contributed by atoms with Crippen LogP contribution in [0.25, 0.3) is 11.6 Å². The molecule has 0 fully saturated rings. The Bertz CT molecular complexity index is 989. The predicted molar refractivity (Wildman–Crippen MR) is 115 cm³/mol. The Hall–Kier alpha value is -2.46. The molecule has 1 amide bonds. The van der Waals surface area contributed by atoms with Gasteiger partial charge in [0.25, 0.3) is 0 Å². The van der Waals surface area contributed by atoms with Gasteiger partial charge in [-0.2, -0.15) is 0 Å². The van der Waals surface area contributed by atoms with Gasteiger partial charge in [0.05, 0.1) is 25.7 Å². The second-order valence-electron chi connectivity index (χ2n) is 5.96. The first kappa shape index (κ1) is 21.3. The number of carbonyl (C=O) groups excluding carboxylic acids is 1. The molecule has 0 atom stereocenters. The van der Waals surface area contributed by atoms with Crippen molar-refractivity contribution < 1.29 is 18.7 Å². The minimum Gasteiger partial charge on any atom is -0.497 e. The summed E-state index contributed by atoms with van der Waals surface area (Å²) in [6.07, 6.45) is 0.899. The summed E-state index contributed by atoms with van der Waals surface area (Å²) in [7, 11) is 3.12. The van der Waals surface area contributed by atoms with E-state index in [0.29, 0.717) is 38.6 Å². The molecular formula is C19H21BrN4O4S. The molecule has 0 unspecified atom stereocenters. The highest BCUT2D eigenvalue weighted by Gasteiger charge is 2.18. The molecule has 0 radical (unpaired) electrons. The van der Waals surface area contributed by atoms with E-state index in [1.165, 1.54) is 11.8 Å². The molecular weight excluding hydrogens is 460 g/mol. The minimum absolute atomic E-state index is 0.174. The van der Waals surface area contributed by atoms with Gasteiger partial charge in [-0.25, -0.2) is 0 Å². The summed E-state index contributed by atoms with van der Waals surface area (Å²) in [5.41, 5.74) is 0.579. The Morgan fingerprint density at radius 1 is 1.24 bits per heavy atom. The van der Waals surface area contributed by atoms with Gasteiger partial charge in [-0.1, -0.05) is 18.7 Å². The summed E-state index contributed by atoms with van der Waals surface area (Å²) < 4.78 is 18.7. The van der Waals surface area contributed by atoms with E-state index in [-0.39, 0.29) is 11.7 Å². The maximum absolute atomic E-state index is 12.5. The molecule has 29 heavy (non-hydrogen) atoms. The Morgan fingerprint density at radius 2 is 2.07 bits per heavy atom. The van der Waals surface area contributed by atoms with Crippen molar-refractivity contribution in [3.8, 4) is 23.1 Å². The molecule has 0 aliphatic heterocycles. The van der Waals surface area contributed by atoms with Gasteiger partial charge in [0.2, 0.25) is 11.7 Å². The van der Waals surface area contributed by atoms with E-state index in [1.807, 2.05) is 16.7 Å². The molecule has 0 aliphatic rings. The van der Waals surface area contributed by atoms with Crippen LogP contribution < -0.4 is 14.8 Å². The summed E-state index contributed by atoms with van der Waals surface area (Å²) in [6.45, 7) is 2.79. The SMILES string of the molecule is CCCn1c(SCC(=O)Nc2ccc(OC)cc2OC)nnc1-c1ccc(Br)o1. The van der Waals surface area contributed by atoms with Gasteiger partial charge in [-0.15, -0.1) is 10.2 Å². The second-order valence-corrected chi connectivity index (χ2v) is 7.69. The fourth-order valence-electron chi connectivity index (χ4n) is 2.66. The van der Waals surface area contributed by atoms with Gasteiger partial charge in [0.15, 0.2) is 15.6 Å². The normalized spacial score (nSPS) is 10.8. The number of thioether (sulfide) groups is 1. The first-order valence-corrected chi connectivity index (χ1v) is 10.7. The molecule has 1 N–H and O–H groups in total. The van der Waals surface area contributed by atoms with Crippen molar-refractivity contribution in [3.63, 3.8) is 0 Å². The zero-order chi connectivity index (χ0) is 20.8. The Kier molecular flexibility index (Phi) is 7.21. The van der Waals surface area contributed by atoms with Crippen LogP contribution >= 0.6 is 27.7 Å². The second kappa shape index (κ2) is 9.84. The summed E-state index contributed by atoms with van der Waals surface area (Å²) in [4.78, 5) is 12.5. The number of ether oxygens (including phenoxy) is 2. The largest absolute Gasteiger partial charge is 0.497 e. The van der Waals surface area contributed by atoms with Crippen LogP contribution in [-0.4, -0.2) is 40.6 Å². The third-order valence-corrected chi connectivity index (χ3v) is 5.37. The van der Waals surface area contributed by atoms with Gasteiger partial charge in [-0.3, -0.25) is 9.36 Å². The van der Waals surface area contributed by atoms with Crippen LogP contribution in [0.3, 0.4) is 0 Å². The highest BCUT2D eigenvalue weighted by atomic mass is 79.9. The number of amides is 1. The van der Waals surface area contributed by atoms with E-state index in [1.54, 1.807) is 32.4 Å². The highest BCUT2D eigenvalue weighted by Crippen LogP contribution is 2.30. The lowest BCUT2D eigenvalue weighted by Crippen LogP contribution is -2.15. The topological polar surface area (TPSA) is 91.4 Å². The van der Waals surface area contributed by atoms with Crippen LogP contribution in [0.15, 0.2) is 44.6 Å². The lowest BCUT2D eigenvalue weighted by atomic mass is 10.2. The zero-order valence-corrected chi connectivity index (χ0v) is 18.7. The number of hydrogen-bond acceptors (Lipinski definition) is 7. The molecule has 8 nitrogen and oxygen atoms in total. The van der Waals surface area contributed by atoms with Crippen LogP contribution in [0.2, 0.25) is 0 Å². The number of furan rings is 1. The van der Waals surface area contributed by atoms with Crippen LogP contribution in [0.1, 0.15) is 13.3 Å². The molecule has 0 aliphatic carbocycles. The standard InChI is InChI=1S/C19H21BrN4O4S/c1-4-9-24-18(14-7-8-16(20)28-14)22-23-19(24)29-11-17(25)21-13-6-5-12(26-2)10-15(13)27-3/h5-8,10H,4,9,11H2,1-3H3,(H,21,25). The maximum atomic E-state index is 12.5. The van der Waals surface area contributed by atoms with Crippen LogP contribution in [-0.2, 0) is 11.3 Å². The lowest BCUT2D eigenvalue weighted by molar-refractivity contribution is -0.113.